The third-order valence-electron chi connectivity index (χ3n) is 0.432. The predicted octanol–water partition coefficient (Wildman–Crippen LogP) is 2.48. The molecule has 0 aliphatic heterocycles. The first-order valence-electron chi connectivity index (χ1n) is 1.64. The molecule has 1 nitrogen and oxygen atoms in total. The summed E-state index contributed by atoms with van der Waals surface area (Å²) in [7, 11) is 0. The van der Waals surface area contributed by atoms with Crippen molar-refractivity contribution < 1.29 is 4.79 Å². The second-order valence-electron chi connectivity index (χ2n) is 1.08. The number of halogens is 4. The van der Waals surface area contributed by atoms with Gasteiger partial charge in [-0.3, -0.25) is 0 Å². The molecule has 0 aliphatic rings. The largest absolute Gasteiger partial charge is 0.302 e. The molecule has 0 radical (unpaired) electrons. The van der Waals surface area contributed by atoms with Gasteiger partial charge in [-0.1, -0.05) is 39.1 Å². The number of rotatable bonds is 2. The average molecular weight is 285 g/mol. The minimum Gasteiger partial charge on any atom is -0.302 e. The Labute approximate surface area is 74.0 Å². The summed E-state index contributed by atoms with van der Waals surface area (Å²) >= 11 is 16.6. The van der Waals surface area contributed by atoms with Gasteiger partial charge in [0.15, 0.2) is 3.24 Å². The lowest BCUT2D eigenvalue weighted by Gasteiger charge is -2.11. The highest BCUT2D eigenvalue weighted by Crippen LogP contribution is 2.35. The normalized spacial score (nSPS) is 15.5. The van der Waals surface area contributed by atoms with Crippen LogP contribution in [0.2, 0.25) is 0 Å². The third kappa shape index (κ3) is 3.28. The standard InChI is InChI=1S/C3H2Br2Cl2O/c4-2(1-8)3(5,6)7/h1-2H. The summed E-state index contributed by atoms with van der Waals surface area (Å²) in [4.78, 5) is 9.33. The van der Waals surface area contributed by atoms with Crippen molar-refractivity contribution in [2.75, 3.05) is 0 Å². The van der Waals surface area contributed by atoms with Crippen LogP contribution < -0.4 is 0 Å². The number of carbonyl (C=O) groups is 1. The molecule has 48 valence electrons. The van der Waals surface area contributed by atoms with E-state index in [1.165, 1.54) is 0 Å². The van der Waals surface area contributed by atoms with Gasteiger partial charge in [-0.2, -0.15) is 0 Å². The van der Waals surface area contributed by atoms with E-state index in [0.717, 1.165) is 0 Å². The van der Waals surface area contributed by atoms with Crippen LogP contribution in [-0.2, 0) is 4.79 Å². The maximum absolute atomic E-state index is 9.91. The number of hydrogen-bond acceptors (Lipinski definition) is 1. The van der Waals surface area contributed by atoms with Crippen LogP contribution >= 0.6 is 55.1 Å². The monoisotopic (exact) mass is 282 g/mol. The number of hydrogen-bond donors (Lipinski definition) is 0. The Hall–Kier alpha value is 1.21. The summed E-state index contributed by atoms with van der Waals surface area (Å²) in [6.45, 7) is 0. The van der Waals surface area contributed by atoms with Crippen molar-refractivity contribution in [3.63, 3.8) is 0 Å². The summed E-state index contributed by atoms with van der Waals surface area (Å²) in [5, 5.41) is 0. The maximum atomic E-state index is 9.91. The number of carbonyl (C=O) groups excluding carboxylic acids is 1. The quantitative estimate of drug-likeness (QED) is 0.562. The van der Waals surface area contributed by atoms with E-state index in [2.05, 4.69) is 31.9 Å². The van der Waals surface area contributed by atoms with Crippen LogP contribution in [0.25, 0.3) is 0 Å². The molecular weight excluding hydrogens is 283 g/mol. The van der Waals surface area contributed by atoms with Gasteiger partial charge >= 0.3 is 0 Å². The minimum atomic E-state index is -1.19. The number of alkyl halides is 4. The highest BCUT2D eigenvalue weighted by atomic mass is 79.9. The Balaban J connectivity index is 3.80. The second-order valence-corrected chi connectivity index (χ2v) is 5.62. The molecule has 8 heavy (non-hydrogen) atoms. The lowest BCUT2D eigenvalue weighted by molar-refractivity contribution is -0.107. The summed E-state index contributed by atoms with van der Waals surface area (Å²) in [6, 6.07) is 0. The van der Waals surface area contributed by atoms with Gasteiger partial charge in [-0.25, -0.2) is 0 Å². The van der Waals surface area contributed by atoms with Crippen molar-refractivity contribution in [3.8, 4) is 0 Å². The first-order chi connectivity index (χ1) is 3.48. The van der Waals surface area contributed by atoms with Crippen molar-refractivity contribution in [2.45, 2.75) is 8.07 Å². The predicted molar refractivity (Wildman–Crippen MR) is 42.1 cm³/mol. The van der Waals surface area contributed by atoms with Crippen LogP contribution in [0.3, 0.4) is 0 Å². The van der Waals surface area contributed by atoms with Crippen LogP contribution in [0.5, 0.6) is 0 Å². The first-order valence-corrected chi connectivity index (χ1v) is 4.11. The van der Waals surface area contributed by atoms with E-state index in [9.17, 15) is 4.79 Å². The van der Waals surface area contributed by atoms with E-state index in [1.807, 2.05) is 0 Å². The summed E-state index contributed by atoms with van der Waals surface area (Å²) in [5.74, 6) is 0. The van der Waals surface area contributed by atoms with Crippen LogP contribution in [-0.4, -0.2) is 14.4 Å². The van der Waals surface area contributed by atoms with E-state index in [1.54, 1.807) is 0 Å². The van der Waals surface area contributed by atoms with Gasteiger partial charge in [0.05, 0.1) is 0 Å². The zero-order chi connectivity index (χ0) is 6.78. The Morgan fingerprint density at radius 1 is 1.62 bits per heavy atom. The fourth-order valence-electron chi connectivity index (χ4n) is 0.0772. The molecule has 1 atom stereocenters. The molecule has 0 heterocycles. The Bertz CT molecular complexity index is 89.8. The Kier molecular flexibility index (Phi) is 3.91. The fourth-order valence-corrected chi connectivity index (χ4v) is 0.288. The molecule has 0 rings (SSSR count). The smallest absolute Gasteiger partial charge is 0.191 e. The molecule has 0 fully saturated rings. The van der Waals surface area contributed by atoms with Crippen molar-refractivity contribution >= 4 is 61.3 Å². The van der Waals surface area contributed by atoms with Crippen LogP contribution in [0.4, 0.5) is 0 Å². The van der Waals surface area contributed by atoms with E-state index in [-0.39, 0.29) is 0 Å². The van der Waals surface area contributed by atoms with E-state index >= 15 is 0 Å². The van der Waals surface area contributed by atoms with E-state index in [4.69, 9.17) is 23.2 Å². The lowest BCUT2D eigenvalue weighted by atomic mass is 10.5. The molecule has 5 heteroatoms. The molecule has 0 aliphatic carbocycles. The van der Waals surface area contributed by atoms with Gasteiger partial charge in [0.1, 0.15) is 11.1 Å². The molecule has 0 saturated carbocycles. The van der Waals surface area contributed by atoms with Crippen molar-refractivity contribution in [3.05, 3.63) is 0 Å². The highest BCUT2D eigenvalue weighted by molar-refractivity contribution is 9.13. The molecule has 0 aromatic rings. The number of aldehydes is 1. The minimum absolute atomic E-state index is 0.571. The van der Waals surface area contributed by atoms with Gasteiger partial charge in [0.25, 0.3) is 0 Å². The first kappa shape index (κ1) is 9.21. The fraction of sp³-hybridized carbons (Fsp3) is 0.667. The second kappa shape index (κ2) is 3.40. The Morgan fingerprint density at radius 3 is 2.00 bits per heavy atom. The summed E-state index contributed by atoms with van der Waals surface area (Å²) in [6.07, 6.45) is 0.606. The molecule has 0 amide bonds. The lowest BCUT2D eigenvalue weighted by Crippen LogP contribution is -2.18. The van der Waals surface area contributed by atoms with Gasteiger partial charge in [0.2, 0.25) is 0 Å². The SMILES string of the molecule is O=CC(Br)C(Cl)(Cl)Br. The topological polar surface area (TPSA) is 17.1 Å². The van der Waals surface area contributed by atoms with E-state index < -0.39 is 8.07 Å². The summed E-state index contributed by atoms with van der Waals surface area (Å²) < 4.78 is -1.19. The average Bonchev–Trinajstić information content (AvgIpc) is 1.62. The Morgan fingerprint density at radius 2 is 2.00 bits per heavy atom. The molecule has 1 unspecified atom stereocenters. The molecule has 0 aromatic heterocycles. The van der Waals surface area contributed by atoms with Gasteiger partial charge in [-0.15, -0.1) is 0 Å². The molecule has 0 saturated heterocycles. The maximum Gasteiger partial charge on any atom is 0.191 e. The molecule has 0 N–H and O–H groups in total. The van der Waals surface area contributed by atoms with Gasteiger partial charge in [-0.05, 0) is 15.9 Å². The molecule has 0 bridgehead atoms. The van der Waals surface area contributed by atoms with Crippen molar-refractivity contribution in [1.29, 1.82) is 0 Å². The van der Waals surface area contributed by atoms with Crippen LogP contribution in [0.1, 0.15) is 0 Å². The zero-order valence-corrected chi connectivity index (χ0v) is 8.26. The van der Waals surface area contributed by atoms with Gasteiger partial charge < -0.3 is 4.79 Å². The van der Waals surface area contributed by atoms with Crippen LogP contribution in [0.15, 0.2) is 0 Å². The third-order valence-corrected chi connectivity index (χ3v) is 3.44. The molecule has 0 spiro atoms. The molecular formula is C3H2Br2Cl2O. The van der Waals surface area contributed by atoms with Crippen molar-refractivity contribution in [1.82, 2.24) is 0 Å². The van der Waals surface area contributed by atoms with Gasteiger partial charge in [0, 0.05) is 0 Å². The van der Waals surface area contributed by atoms with Crippen molar-refractivity contribution in [2.24, 2.45) is 0 Å². The molecule has 0 aromatic carbocycles. The van der Waals surface area contributed by atoms with Crippen LogP contribution in [0, 0.1) is 0 Å². The highest BCUT2D eigenvalue weighted by Gasteiger charge is 2.28. The van der Waals surface area contributed by atoms with E-state index in [0.29, 0.717) is 6.29 Å². The zero-order valence-electron chi connectivity index (χ0n) is 3.57. The summed E-state index contributed by atoms with van der Waals surface area (Å²) in [5.41, 5.74) is 0.